The number of carbonyl (C=O) groups is 1. The third-order valence-electron chi connectivity index (χ3n) is 7.33. The summed E-state index contributed by atoms with van der Waals surface area (Å²) in [6.07, 6.45) is 2.00. The third kappa shape index (κ3) is 4.45. The number of aliphatic carboxylic acids is 1. The lowest BCUT2D eigenvalue weighted by Crippen LogP contribution is -2.33. The minimum Gasteiger partial charge on any atom is -0.493 e. The van der Waals surface area contributed by atoms with E-state index in [-0.39, 0.29) is 40.9 Å². The van der Waals surface area contributed by atoms with Crippen molar-refractivity contribution in [3.05, 3.63) is 88.9 Å². The van der Waals surface area contributed by atoms with Crippen LogP contribution in [0.4, 0.5) is 17.6 Å². The van der Waals surface area contributed by atoms with Gasteiger partial charge < -0.3 is 19.6 Å². The summed E-state index contributed by atoms with van der Waals surface area (Å²) < 4.78 is 70.2. The monoisotopic (exact) mass is 566 g/mol. The van der Waals surface area contributed by atoms with Gasteiger partial charge in [0.25, 0.3) is 0 Å². The zero-order valence-electron chi connectivity index (χ0n) is 21.5. The van der Waals surface area contributed by atoms with Crippen LogP contribution in [0.3, 0.4) is 0 Å². The molecule has 0 bridgehead atoms. The van der Waals surface area contributed by atoms with Gasteiger partial charge in [-0.25, -0.2) is 18.2 Å². The smallest absolute Gasteiger partial charge is 0.303 e. The van der Waals surface area contributed by atoms with Crippen LogP contribution in [0.5, 0.6) is 17.2 Å². The number of aromatic nitrogens is 4. The van der Waals surface area contributed by atoms with Crippen LogP contribution in [0, 0.1) is 23.3 Å². The van der Waals surface area contributed by atoms with Crippen molar-refractivity contribution in [3.63, 3.8) is 0 Å². The molecule has 0 saturated heterocycles. The molecule has 3 N–H and O–H groups in total. The predicted octanol–water partition coefficient (Wildman–Crippen LogP) is 6.41. The number of aryl methyl sites for hydroxylation is 1. The molecule has 3 heterocycles. The van der Waals surface area contributed by atoms with Crippen molar-refractivity contribution in [2.24, 2.45) is 0 Å². The number of aromatic amines is 2. The van der Waals surface area contributed by atoms with Crippen LogP contribution >= 0.6 is 0 Å². The molecule has 12 heteroatoms. The van der Waals surface area contributed by atoms with Crippen molar-refractivity contribution in [2.75, 3.05) is 6.61 Å². The highest BCUT2D eigenvalue weighted by atomic mass is 19.2. The molecule has 3 aromatic carbocycles. The molecular weight excluding hydrogens is 544 g/mol. The zero-order valence-corrected chi connectivity index (χ0v) is 21.5. The average Bonchev–Trinajstić information content (AvgIpc) is 3.65. The fourth-order valence-corrected chi connectivity index (χ4v) is 5.10. The SMILES string of the molecule is C[C@@]1(c2n[nH]c(-c3cc(Oc4c(F)c(F)c5[nH]ccc5c4F)ccc3F)n2)CCOc2c(CCC(=O)O)cccc21. The Morgan fingerprint density at radius 1 is 1.12 bits per heavy atom. The fraction of sp³-hybridized carbons (Fsp3) is 0.207. The molecule has 1 atom stereocenters. The molecule has 0 aliphatic carbocycles. The molecule has 0 unspecified atom stereocenters. The molecule has 0 amide bonds. The number of benzene rings is 3. The van der Waals surface area contributed by atoms with E-state index in [0.29, 0.717) is 24.6 Å². The van der Waals surface area contributed by atoms with Crippen LogP contribution in [0.25, 0.3) is 22.3 Å². The standard InChI is InChI=1S/C29H22F4N4O4/c1-29(10-12-40-25-14(5-8-20(38)39)3-2-4-18(25)29)28-35-27(36-37-28)17-13-15(6-7-19(17)30)41-26-21(31)16-9-11-34-24(16)22(32)23(26)33/h2-4,6-7,9,11,13,34H,5,8,10,12H2,1H3,(H,38,39)(H,35,36,37)/t29-/m1/s1. The van der Waals surface area contributed by atoms with Gasteiger partial charge in [-0.2, -0.15) is 9.49 Å². The number of H-pyrrole nitrogens is 2. The molecule has 1 aliphatic rings. The van der Waals surface area contributed by atoms with Gasteiger partial charge in [-0.15, -0.1) is 0 Å². The van der Waals surface area contributed by atoms with Gasteiger partial charge in [0.05, 0.1) is 23.1 Å². The number of halogens is 4. The quantitative estimate of drug-likeness (QED) is 0.155. The molecule has 5 aromatic rings. The Balaban J connectivity index is 1.34. The van der Waals surface area contributed by atoms with Gasteiger partial charge in [-0.3, -0.25) is 9.89 Å². The number of hydrogen-bond donors (Lipinski definition) is 3. The fourth-order valence-electron chi connectivity index (χ4n) is 5.10. The van der Waals surface area contributed by atoms with Gasteiger partial charge in [-0.1, -0.05) is 18.2 Å². The molecule has 0 saturated carbocycles. The van der Waals surface area contributed by atoms with Gasteiger partial charge in [-0.05, 0) is 49.6 Å². The van der Waals surface area contributed by atoms with E-state index < -0.39 is 40.4 Å². The highest BCUT2D eigenvalue weighted by Crippen LogP contribution is 2.44. The summed E-state index contributed by atoms with van der Waals surface area (Å²) in [6.45, 7) is 2.24. The van der Waals surface area contributed by atoms with E-state index in [2.05, 4.69) is 20.2 Å². The van der Waals surface area contributed by atoms with E-state index in [1.807, 2.05) is 25.1 Å². The Labute approximate surface area is 230 Å². The number of nitrogens with one attached hydrogen (secondary N) is 2. The van der Waals surface area contributed by atoms with Crippen LogP contribution in [0.2, 0.25) is 0 Å². The number of para-hydroxylation sites is 1. The van der Waals surface area contributed by atoms with Crippen molar-refractivity contribution in [1.82, 2.24) is 20.2 Å². The summed E-state index contributed by atoms with van der Waals surface area (Å²) in [7, 11) is 0. The average molecular weight is 567 g/mol. The summed E-state index contributed by atoms with van der Waals surface area (Å²) in [5, 5.41) is 16.0. The van der Waals surface area contributed by atoms with Crippen molar-refractivity contribution < 1.29 is 36.9 Å². The second-order valence-corrected chi connectivity index (χ2v) is 9.91. The lowest BCUT2D eigenvalue weighted by atomic mass is 9.76. The number of carboxylic acids is 1. The van der Waals surface area contributed by atoms with Crippen molar-refractivity contribution >= 4 is 16.9 Å². The first-order valence-corrected chi connectivity index (χ1v) is 12.7. The number of fused-ring (bicyclic) bond motifs is 2. The molecule has 8 nitrogen and oxygen atoms in total. The minimum absolute atomic E-state index is 0.0347. The summed E-state index contributed by atoms with van der Waals surface area (Å²) in [4.78, 5) is 18.1. The Hall–Kier alpha value is -4.87. The van der Waals surface area contributed by atoms with E-state index in [1.165, 1.54) is 18.3 Å². The Bertz CT molecular complexity index is 1820. The molecule has 41 heavy (non-hydrogen) atoms. The van der Waals surface area contributed by atoms with Crippen LogP contribution in [0.1, 0.15) is 36.7 Å². The van der Waals surface area contributed by atoms with Crippen LogP contribution < -0.4 is 9.47 Å². The van der Waals surface area contributed by atoms with Crippen molar-refractivity contribution in [2.45, 2.75) is 31.6 Å². The topological polar surface area (TPSA) is 113 Å². The normalized spacial score (nSPS) is 16.4. The molecule has 0 fully saturated rings. The zero-order chi connectivity index (χ0) is 28.9. The number of hydrogen-bond acceptors (Lipinski definition) is 5. The molecule has 210 valence electrons. The first-order chi connectivity index (χ1) is 19.7. The third-order valence-corrected chi connectivity index (χ3v) is 7.33. The van der Waals surface area contributed by atoms with E-state index in [1.54, 1.807) is 0 Å². The maximum atomic E-state index is 14.9. The lowest BCUT2D eigenvalue weighted by Gasteiger charge is -2.34. The lowest BCUT2D eigenvalue weighted by molar-refractivity contribution is -0.136. The maximum absolute atomic E-state index is 14.9. The van der Waals surface area contributed by atoms with E-state index in [9.17, 15) is 22.4 Å². The van der Waals surface area contributed by atoms with Crippen molar-refractivity contribution in [3.8, 4) is 28.6 Å². The molecule has 0 spiro atoms. The summed E-state index contributed by atoms with van der Waals surface area (Å²) in [6, 6.07) is 10.1. The van der Waals surface area contributed by atoms with Crippen molar-refractivity contribution in [1.29, 1.82) is 0 Å². The van der Waals surface area contributed by atoms with Gasteiger partial charge in [0, 0.05) is 23.6 Å². The molecule has 6 rings (SSSR count). The Kier molecular flexibility index (Phi) is 6.40. The molecule has 0 radical (unpaired) electrons. The first kappa shape index (κ1) is 26.4. The summed E-state index contributed by atoms with van der Waals surface area (Å²) in [5.74, 6) is -5.74. The van der Waals surface area contributed by atoms with E-state index in [4.69, 9.17) is 14.6 Å². The van der Waals surface area contributed by atoms with Gasteiger partial charge in [0.2, 0.25) is 11.6 Å². The molecule has 2 aromatic heterocycles. The van der Waals surface area contributed by atoms with E-state index >= 15 is 0 Å². The first-order valence-electron chi connectivity index (χ1n) is 12.7. The number of ether oxygens (including phenoxy) is 2. The largest absolute Gasteiger partial charge is 0.493 e. The van der Waals surface area contributed by atoms with Gasteiger partial charge >= 0.3 is 5.97 Å². The molecule has 1 aliphatic heterocycles. The summed E-state index contributed by atoms with van der Waals surface area (Å²) >= 11 is 0. The van der Waals surface area contributed by atoms with Crippen LogP contribution in [-0.4, -0.2) is 37.8 Å². The number of carboxylic acid groups (broad SMARTS) is 1. The highest BCUT2D eigenvalue weighted by Gasteiger charge is 2.39. The minimum atomic E-state index is -1.53. The van der Waals surface area contributed by atoms with Gasteiger partial charge in [0.1, 0.15) is 17.3 Å². The summed E-state index contributed by atoms with van der Waals surface area (Å²) in [5.41, 5.74) is 0.344. The number of rotatable bonds is 7. The van der Waals surface area contributed by atoms with E-state index in [0.717, 1.165) is 23.3 Å². The second kappa shape index (κ2) is 9.95. The maximum Gasteiger partial charge on any atom is 0.303 e. The predicted molar refractivity (Wildman–Crippen MR) is 139 cm³/mol. The van der Waals surface area contributed by atoms with Gasteiger partial charge in [0.15, 0.2) is 23.3 Å². The highest BCUT2D eigenvalue weighted by molar-refractivity contribution is 5.82. The molecular formula is C29H22F4N4O4. The van der Waals surface area contributed by atoms with Crippen LogP contribution in [0.15, 0.2) is 48.7 Å². The second-order valence-electron chi connectivity index (χ2n) is 9.91. The Morgan fingerprint density at radius 3 is 2.76 bits per heavy atom. The Morgan fingerprint density at radius 2 is 1.95 bits per heavy atom. The number of nitrogens with zero attached hydrogens (tertiary/aromatic N) is 2. The van der Waals surface area contributed by atoms with Crippen LogP contribution in [-0.2, 0) is 16.6 Å².